The number of nitrogens with zero attached hydrogens (tertiary/aromatic N) is 1. The van der Waals surface area contributed by atoms with Crippen molar-refractivity contribution in [1.82, 2.24) is 4.90 Å². The van der Waals surface area contributed by atoms with Crippen molar-refractivity contribution in [3.8, 4) is 0 Å². The molecule has 0 spiro atoms. The minimum atomic E-state index is 0.0730. The smallest absolute Gasteiger partial charge is 0.246 e. The number of hydrogen-bond donors (Lipinski definition) is 0. The quantitative estimate of drug-likeness (QED) is 0.689. The fourth-order valence-electron chi connectivity index (χ4n) is 1.40. The van der Waals surface area contributed by atoms with Gasteiger partial charge in [0.25, 0.3) is 0 Å². The SMILES string of the molecule is CC=CC(=O)N(CC)Cc1ccccc1. The molecule has 2 heteroatoms. The number of amides is 1. The van der Waals surface area contributed by atoms with Crippen molar-refractivity contribution in [1.29, 1.82) is 0 Å². The summed E-state index contributed by atoms with van der Waals surface area (Å²) in [6.45, 7) is 5.26. The molecule has 0 radical (unpaired) electrons. The van der Waals surface area contributed by atoms with E-state index in [1.165, 1.54) is 0 Å². The predicted molar refractivity (Wildman–Crippen MR) is 62.3 cm³/mol. The van der Waals surface area contributed by atoms with Crippen LogP contribution in [0.2, 0.25) is 0 Å². The summed E-state index contributed by atoms with van der Waals surface area (Å²) in [5.74, 6) is 0.0730. The Morgan fingerprint density at radius 3 is 2.53 bits per heavy atom. The number of likely N-dealkylation sites (N-methyl/N-ethyl adjacent to an activating group) is 1. The molecule has 0 unspecified atom stereocenters. The first kappa shape index (κ1) is 11.5. The van der Waals surface area contributed by atoms with E-state index in [4.69, 9.17) is 0 Å². The third-order valence-electron chi connectivity index (χ3n) is 2.22. The molecule has 0 fully saturated rings. The number of carbonyl (C=O) groups is 1. The number of hydrogen-bond acceptors (Lipinski definition) is 1. The molecule has 0 atom stereocenters. The lowest BCUT2D eigenvalue weighted by atomic mass is 10.2. The van der Waals surface area contributed by atoms with Crippen molar-refractivity contribution in [3.63, 3.8) is 0 Å². The fraction of sp³-hybridized carbons (Fsp3) is 0.308. The Morgan fingerprint density at radius 1 is 1.33 bits per heavy atom. The minimum absolute atomic E-state index is 0.0730. The van der Waals surface area contributed by atoms with Crippen LogP contribution >= 0.6 is 0 Å². The largest absolute Gasteiger partial charge is 0.335 e. The van der Waals surface area contributed by atoms with E-state index in [9.17, 15) is 4.79 Å². The Kier molecular flexibility index (Phi) is 4.61. The topological polar surface area (TPSA) is 20.3 Å². The van der Waals surface area contributed by atoms with Gasteiger partial charge in [-0.1, -0.05) is 36.4 Å². The summed E-state index contributed by atoms with van der Waals surface area (Å²) in [7, 11) is 0. The van der Waals surface area contributed by atoms with Crippen molar-refractivity contribution in [3.05, 3.63) is 48.0 Å². The molecular weight excluding hydrogens is 186 g/mol. The lowest BCUT2D eigenvalue weighted by Gasteiger charge is -2.19. The zero-order chi connectivity index (χ0) is 11.1. The third-order valence-corrected chi connectivity index (χ3v) is 2.22. The van der Waals surface area contributed by atoms with E-state index in [0.717, 1.165) is 12.1 Å². The normalized spacial score (nSPS) is 10.5. The summed E-state index contributed by atoms with van der Waals surface area (Å²) in [4.78, 5) is 13.4. The van der Waals surface area contributed by atoms with Gasteiger partial charge < -0.3 is 4.90 Å². The first-order valence-corrected chi connectivity index (χ1v) is 5.23. The van der Waals surface area contributed by atoms with Gasteiger partial charge in [-0.2, -0.15) is 0 Å². The Morgan fingerprint density at radius 2 is 2.00 bits per heavy atom. The molecule has 0 saturated carbocycles. The highest BCUT2D eigenvalue weighted by molar-refractivity contribution is 5.87. The molecule has 0 bridgehead atoms. The maximum Gasteiger partial charge on any atom is 0.246 e. The van der Waals surface area contributed by atoms with E-state index in [0.29, 0.717) is 6.54 Å². The van der Waals surface area contributed by atoms with Gasteiger partial charge in [0.1, 0.15) is 0 Å². The maximum atomic E-state index is 11.6. The summed E-state index contributed by atoms with van der Waals surface area (Å²) >= 11 is 0. The molecule has 2 nitrogen and oxygen atoms in total. The van der Waals surface area contributed by atoms with Crippen molar-refractivity contribution in [2.75, 3.05) is 6.54 Å². The molecule has 1 amide bonds. The molecule has 0 N–H and O–H groups in total. The highest BCUT2D eigenvalue weighted by Crippen LogP contribution is 2.04. The van der Waals surface area contributed by atoms with Gasteiger partial charge >= 0.3 is 0 Å². The van der Waals surface area contributed by atoms with Crippen LogP contribution in [0.4, 0.5) is 0 Å². The minimum Gasteiger partial charge on any atom is -0.335 e. The molecule has 80 valence electrons. The Labute approximate surface area is 91.2 Å². The van der Waals surface area contributed by atoms with E-state index in [-0.39, 0.29) is 5.91 Å². The number of carbonyl (C=O) groups excluding carboxylic acids is 1. The molecule has 0 heterocycles. The molecule has 0 aliphatic heterocycles. The molecule has 0 aliphatic rings. The Bertz CT molecular complexity index is 330. The molecule has 0 saturated heterocycles. The van der Waals surface area contributed by atoms with E-state index < -0.39 is 0 Å². The number of rotatable bonds is 4. The van der Waals surface area contributed by atoms with Crippen molar-refractivity contribution < 1.29 is 4.79 Å². The zero-order valence-electron chi connectivity index (χ0n) is 9.31. The Hall–Kier alpha value is -1.57. The summed E-state index contributed by atoms with van der Waals surface area (Å²) < 4.78 is 0. The number of allylic oxidation sites excluding steroid dienone is 1. The van der Waals surface area contributed by atoms with Crippen LogP contribution in [-0.2, 0) is 11.3 Å². The maximum absolute atomic E-state index is 11.6. The first-order chi connectivity index (χ1) is 7.27. The van der Waals surface area contributed by atoms with Gasteiger partial charge in [-0.15, -0.1) is 0 Å². The average Bonchev–Trinajstić information content (AvgIpc) is 2.27. The van der Waals surface area contributed by atoms with Crippen molar-refractivity contribution in [2.45, 2.75) is 20.4 Å². The van der Waals surface area contributed by atoms with Crippen LogP contribution in [0.3, 0.4) is 0 Å². The molecule has 0 aliphatic carbocycles. The molecule has 1 aromatic carbocycles. The van der Waals surface area contributed by atoms with Gasteiger partial charge in [0, 0.05) is 13.1 Å². The third kappa shape index (κ3) is 3.58. The van der Waals surface area contributed by atoms with Crippen molar-refractivity contribution >= 4 is 5.91 Å². The lowest BCUT2D eigenvalue weighted by molar-refractivity contribution is -0.126. The summed E-state index contributed by atoms with van der Waals surface area (Å²) in [6, 6.07) is 10.0. The zero-order valence-corrected chi connectivity index (χ0v) is 9.31. The average molecular weight is 203 g/mol. The van der Waals surface area contributed by atoms with Crippen molar-refractivity contribution in [2.24, 2.45) is 0 Å². The lowest BCUT2D eigenvalue weighted by Crippen LogP contribution is -2.28. The van der Waals surface area contributed by atoms with Crippen LogP contribution in [0, 0.1) is 0 Å². The van der Waals surface area contributed by atoms with Gasteiger partial charge in [0.2, 0.25) is 5.91 Å². The van der Waals surface area contributed by atoms with Gasteiger partial charge in [-0.3, -0.25) is 4.79 Å². The van der Waals surface area contributed by atoms with Gasteiger partial charge in [-0.25, -0.2) is 0 Å². The second-order valence-electron chi connectivity index (χ2n) is 3.34. The van der Waals surface area contributed by atoms with Gasteiger partial charge in [0.15, 0.2) is 0 Å². The monoisotopic (exact) mass is 203 g/mol. The van der Waals surface area contributed by atoms with Crippen LogP contribution in [-0.4, -0.2) is 17.4 Å². The summed E-state index contributed by atoms with van der Waals surface area (Å²) in [5, 5.41) is 0. The molecule has 1 aromatic rings. The standard InChI is InChI=1S/C13H17NO/c1-3-8-13(15)14(4-2)11-12-9-6-5-7-10-12/h3,5-10H,4,11H2,1-2H3. The van der Waals surface area contributed by atoms with Crippen LogP contribution in [0.5, 0.6) is 0 Å². The van der Waals surface area contributed by atoms with Crippen LogP contribution in [0.1, 0.15) is 19.4 Å². The first-order valence-electron chi connectivity index (χ1n) is 5.23. The fourth-order valence-corrected chi connectivity index (χ4v) is 1.40. The molecule has 0 aromatic heterocycles. The van der Waals surface area contributed by atoms with Gasteiger partial charge in [-0.05, 0) is 25.5 Å². The van der Waals surface area contributed by atoms with Crippen LogP contribution < -0.4 is 0 Å². The van der Waals surface area contributed by atoms with E-state index >= 15 is 0 Å². The van der Waals surface area contributed by atoms with E-state index in [1.807, 2.05) is 49.1 Å². The molecule has 1 rings (SSSR count). The molecular formula is C13H17NO. The summed E-state index contributed by atoms with van der Waals surface area (Å²) in [6.07, 6.45) is 3.38. The highest BCUT2D eigenvalue weighted by Gasteiger charge is 2.07. The molecule has 15 heavy (non-hydrogen) atoms. The number of benzene rings is 1. The predicted octanol–water partition coefficient (Wildman–Crippen LogP) is 2.61. The van der Waals surface area contributed by atoms with Gasteiger partial charge in [0.05, 0.1) is 0 Å². The van der Waals surface area contributed by atoms with E-state index in [1.54, 1.807) is 12.2 Å². The van der Waals surface area contributed by atoms with Crippen LogP contribution in [0.25, 0.3) is 0 Å². The highest BCUT2D eigenvalue weighted by atomic mass is 16.2. The Balaban J connectivity index is 2.66. The second kappa shape index (κ2) is 6.02. The summed E-state index contributed by atoms with van der Waals surface area (Å²) in [5.41, 5.74) is 1.16. The van der Waals surface area contributed by atoms with E-state index in [2.05, 4.69) is 0 Å². The van der Waals surface area contributed by atoms with Crippen LogP contribution in [0.15, 0.2) is 42.5 Å². The second-order valence-corrected chi connectivity index (χ2v) is 3.34.